The number of ether oxygens (including phenoxy) is 1. The van der Waals surface area contributed by atoms with Crippen molar-refractivity contribution in [1.82, 2.24) is 10.2 Å². The number of rotatable bonds is 6. The van der Waals surface area contributed by atoms with Gasteiger partial charge in [-0.3, -0.25) is 0 Å². The third-order valence-electron chi connectivity index (χ3n) is 4.45. The van der Waals surface area contributed by atoms with Crippen molar-refractivity contribution in [2.75, 3.05) is 40.4 Å². The first kappa shape index (κ1) is 15.5. The molecule has 1 heterocycles. The maximum atomic E-state index is 5.47. The van der Waals surface area contributed by atoms with E-state index in [9.17, 15) is 0 Å². The number of likely N-dealkylation sites (N-methyl/N-ethyl adjacent to an activating group) is 2. The van der Waals surface area contributed by atoms with Crippen LogP contribution in [0.25, 0.3) is 0 Å². The van der Waals surface area contributed by atoms with Gasteiger partial charge in [0, 0.05) is 37.8 Å². The van der Waals surface area contributed by atoms with Crippen molar-refractivity contribution in [3.8, 4) is 0 Å². The molecule has 0 amide bonds. The average Bonchev–Trinajstić information content (AvgIpc) is 2.49. The SMILES string of the molecule is CNCC(C)(CN(C)C1CCOCC1)c1ccccc1. The monoisotopic (exact) mass is 276 g/mol. The number of hydrogen-bond acceptors (Lipinski definition) is 3. The van der Waals surface area contributed by atoms with Crippen LogP contribution in [0.5, 0.6) is 0 Å². The fourth-order valence-electron chi connectivity index (χ4n) is 3.29. The number of nitrogens with one attached hydrogen (secondary N) is 1. The molecule has 0 saturated carbocycles. The van der Waals surface area contributed by atoms with Crippen LogP contribution in [-0.2, 0) is 10.2 Å². The van der Waals surface area contributed by atoms with Gasteiger partial charge >= 0.3 is 0 Å². The molecule has 1 unspecified atom stereocenters. The second kappa shape index (κ2) is 7.21. The Labute approximate surface area is 123 Å². The highest BCUT2D eigenvalue weighted by Crippen LogP contribution is 2.26. The van der Waals surface area contributed by atoms with Crippen molar-refractivity contribution in [3.63, 3.8) is 0 Å². The van der Waals surface area contributed by atoms with Crippen molar-refractivity contribution in [2.24, 2.45) is 0 Å². The van der Waals surface area contributed by atoms with E-state index in [1.54, 1.807) is 0 Å². The fraction of sp³-hybridized carbons (Fsp3) is 0.647. The van der Waals surface area contributed by atoms with Crippen molar-refractivity contribution >= 4 is 0 Å². The summed E-state index contributed by atoms with van der Waals surface area (Å²) in [6, 6.07) is 11.5. The number of benzene rings is 1. The Morgan fingerprint density at radius 1 is 1.25 bits per heavy atom. The normalized spacial score (nSPS) is 20.0. The predicted octanol–water partition coefficient (Wildman–Crippen LogP) is 2.27. The zero-order chi connectivity index (χ0) is 14.4. The Morgan fingerprint density at radius 3 is 2.50 bits per heavy atom. The van der Waals surface area contributed by atoms with E-state index < -0.39 is 0 Å². The first-order chi connectivity index (χ1) is 9.65. The van der Waals surface area contributed by atoms with Crippen LogP contribution in [0.3, 0.4) is 0 Å². The molecule has 20 heavy (non-hydrogen) atoms. The lowest BCUT2D eigenvalue weighted by molar-refractivity contribution is 0.0365. The van der Waals surface area contributed by atoms with Gasteiger partial charge in [0.25, 0.3) is 0 Å². The minimum Gasteiger partial charge on any atom is -0.381 e. The van der Waals surface area contributed by atoms with Crippen LogP contribution in [-0.4, -0.2) is 51.3 Å². The van der Waals surface area contributed by atoms with Crippen molar-refractivity contribution in [3.05, 3.63) is 35.9 Å². The van der Waals surface area contributed by atoms with Gasteiger partial charge in [-0.1, -0.05) is 37.3 Å². The van der Waals surface area contributed by atoms with Gasteiger partial charge < -0.3 is 15.0 Å². The summed E-state index contributed by atoms with van der Waals surface area (Å²) in [6.45, 7) is 6.23. The van der Waals surface area contributed by atoms with Gasteiger partial charge in [-0.05, 0) is 32.5 Å². The molecule has 1 fully saturated rings. The molecular weight excluding hydrogens is 248 g/mol. The van der Waals surface area contributed by atoms with Gasteiger partial charge in [0.1, 0.15) is 0 Å². The maximum Gasteiger partial charge on any atom is 0.0480 e. The molecule has 3 heteroatoms. The summed E-state index contributed by atoms with van der Waals surface area (Å²) in [6.07, 6.45) is 2.31. The number of nitrogens with zero attached hydrogens (tertiary/aromatic N) is 1. The van der Waals surface area contributed by atoms with Crippen LogP contribution < -0.4 is 5.32 Å². The molecule has 112 valence electrons. The largest absolute Gasteiger partial charge is 0.381 e. The second-order valence-electron chi connectivity index (χ2n) is 6.22. The second-order valence-corrected chi connectivity index (χ2v) is 6.22. The van der Waals surface area contributed by atoms with E-state index in [-0.39, 0.29) is 5.41 Å². The van der Waals surface area contributed by atoms with Crippen LogP contribution in [0.15, 0.2) is 30.3 Å². The summed E-state index contributed by atoms with van der Waals surface area (Å²) in [5.41, 5.74) is 1.55. The minimum absolute atomic E-state index is 0.142. The van der Waals surface area contributed by atoms with Gasteiger partial charge in [-0.2, -0.15) is 0 Å². The van der Waals surface area contributed by atoms with Crippen LogP contribution in [0.2, 0.25) is 0 Å². The third kappa shape index (κ3) is 3.81. The molecule has 1 N–H and O–H groups in total. The Morgan fingerprint density at radius 2 is 1.90 bits per heavy atom. The highest BCUT2D eigenvalue weighted by Gasteiger charge is 2.30. The molecule has 1 atom stereocenters. The van der Waals surface area contributed by atoms with Gasteiger partial charge in [-0.25, -0.2) is 0 Å². The van der Waals surface area contributed by atoms with Crippen molar-refractivity contribution < 1.29 is 4.74 Å². The highest BCUT2D eigenvalue weighted by molar-refractivity contribution is 5.25. The lowest BCUT2D eigenvalue weighted by atomic mass is 9.81. The van der Waals surface area contributed by atoms with Crippen molar-refractivity contribution in [1.29, 1.82) is 0 Å². The smallest absolute Gasteiger partial charge is 0.0480 e. The summed E-state index contributed by atoms with van der Waals surface area (Å²) < 4.78 is 5.47. The van der Waals surface area contributed by atoms with Gasteiger partial charge in [0.2, 0.25) is 0 Å². The van der Waals surface area contributed by atoms with Crippen molar-refractivity contribution in [2.45, 2.75) is 31.2 Å². The van der Waals surface area contributed by atoms with E-state index >= 15 is 0 Å². The molecule has 0 bridgehead atoms. The van der Waals surface area contributed by atoms with E-state index in [4.69, 9.17) is 4.74 Å². The average molecular weight is 276 g/mol. The summed E-state index contributed by atoms with van der Waals surface area (Å²) in [5.74, 6) is 0. The van der Waals surface area contributed by atoms with Gasteiger partial charge in [-0.15, -0.1) is 0 Å². The molecule has 3 nitrogen and oxygen atoms in total. The lowest BCUT2D eigenvalue weighted by Crippen LogP contribution is -2.48. The van der Waals surface area contributed by atoms with Crippen LogP contribution in [0.4, 0.5) is 0 Å². The molecule has 1 aromatic carbocycles. The molecule has 1 aliphatic heterocycles. The fourth-order valence-corrected chi connectivity index (χ4v) is 3.29. The summed E-state index contributed by atoms with van der Waals surface area (Å²) in [4.78, 5) is 2.52. The first-order valence-corrected chi connectivity index (χ1v) is 7.64. The Balaban J connectivity index is 2.08. The molecule has 1 aliphatic rings. The molecule has 1 saturated heterocycles. The summed E-state index contributed by atoms with van der Waals surface area (Å²) in [5, 5.41) is 3.36. The van der Waals surface area contributed by atoms with E-state index in [2.05, 4.69) is 54.5 Å². The van der Waals surface area contributed by atoms with Crippen LogP contribution in [0.1, 0.15) is 25.3 Å². The first-order valence-electron chi connectivity index (χ1n) is 7.64. The zero-order valence-corrected chi connectivity index (χ0v) is 13.1. The highest BCUT2D eigenvalue weighted by atomic mass is 16.5. The predicted molar refractivity (Wildman–Crippen MR) is 84.2 cm³/mol. The molecule has 0 aliphatic carbocycles. The molecule has 0 aromatic heterocycles. The lowest BCUT2D eigenvalue weighted by Gasteiger charge is -2.39. The van der Waals surface area contributed by atoms with E-state index in [1.807, 2.05) is 7.05 Å². The van der Waals surface area contributed by atoms with E-state index in [0.717, 1.165) is 39.1 Å². The molecule has 1 aromatic rings. The van der Waals surface area contributed by atoms with Crippen LogP contribution in [0, 0.1) is 0 Å². The zero-order valence-electron chi connectivity index (χ0n) is 13.1. The molecule has 2 rings (SSSR count). The Kier molecular flexibility index (Phi) is 5.58. The summed E-state index contributed by atoms with van der Waals surface area (Å²) >= 11 is 0. The van der Waals surface area contributed by atoms with Gasteiger partial charge in [0.05, 0.1) is 0 Å². The quantitative estimate of drug-likeness (QED) is 0.862. The third-order valence-corrected chi connectivity index (χ3v) is 4.45. The standard InChI is InChI=1S/C17H28N2O/c1-17(13-18-2,15-7-5-4-6-8-15)14-19(3)16-9-11-20-12-10-16/h4-8,16,18H,9-14H2,1-3H3. The Bertz CT molecular complexity index is 389. The van der Waals surface area contributed by atoms with Crippen LogP contribution >= 0.6 is 0 Å². The maximum absolute atomic E-state index is 5.47. The molecule has 0 spiro atoms. The minimum atomic E-state index is 0.142. The van der Waals surface area contributed by atoms with E-state index in [0.29, 0.717) is 6.04 Å². The van der Waals surface area contributed by atoms with Gasteiger partial charge in [0.15, 0.2) is 0 Å². The van der Waals surface area contributed by atoms with E-state index in [1.165, 1.54) is 5.56 Å². The molecular formula is C17H28N2O. The Hall–Kier alpha value is -0.900. The molecule has 0 radical (unpaired) electrons. The topological polar surface area (TPSA) is 24.5 Å². The summed E-state index contributed by atoms with van der Waals surface area (Å²) in [7, 11) is 4.29. The number of hydrogen-bond donors (Lipinski definition) is 1.